The number of fused-ring (bicyclic) bond motifs is 1. The van der Waals surface area contributed by atoms with E-state index in [9.17, 15) is 14.0 Å². The van der Waals surface area contributed by atoms with Crippen LogP contribution >= 0.6 is 0 Å². The van der Waals surface area contributed by atoms with Crippen molar-refractivity contribution in [2.24, 2.45) is 0 Å². The van der Waals surface area contributed by atoms with Crippen molar-refractivity contribution in [1.29, 1.82) is 0 Å². The number of hydrogen-bond donors (Lipinski definition) is 2. The summed E-state index contributed by atoms with van der Waals surface area (Å²) in [4.78, 5) is 27.3. The minimum absolute atomic E-state index is 0.00473. The van der Waals surface area contributed by atoms with Crippen LogP contribution in [0.25, 0.3) is 0 Å². The molecule has 0 saturated heterocycles. The fourth-order valence-electron chi connectivity index (χ4n) is 3.85. The number of carbonyl (C=O) groups is 2. The van der Waals surface area contributed by atoms with Crippen LogP contribution in [0.2, 0.25) is 0 Å². The van der Waals surface area contributed by atoms with Crippen molar-refractivity contribution in [1.82, 2.24) is 4.90 Å². The van der Waals surface area contributed by atoms with Crippen LogP contribution in [-0.4, -0.2) is 36.5 Å². The van der Waals surface area contributed by atoms with E-state index in [-0.39, 0.29) is 23.8 Å². The van der Waals surface area contributed by atoms with Crippen LogP contribution in [0.3, 0.4) is 0 Å². The van der Waals surface area contributed by atoms with Gasteiger partial charge < -0.3 is 20.3 Å². The number of nitrogens with zero attached hydrogens (tertiary/aromatic N) is 1. The summed E-state index contributed by atoms with van der Waals surface area (Å²) < 4.78 is 18.5. The lowest BCUT2D eigenvalue weighted by Crippen LogP contribution is -2.33. The predicted molar refractivity (Wildman–Crippen MR) is 126 cm³/mol. The van der Waals surface area contributed by atoms with Crippen LogP contribution in [0.5, 0.6) is 0 Å². The molecule has 33 heavy (non-hydrogen) atoms. The van der Waals surface area contributed by atoms with Crippen molar-refractivity contribution < 1.29 is 18.7 Å². The summed E-state index contributed by atoms with van der Waals surface area (Å²) >= 11 is 0. The van der Waals surface area contributed by atoms with Crippen LogP contribution in [0, 0.1) is 5.82 Å². The van der Waals surface area contributed by atoms with Gasteiger partial charge in [0.25, 0.3) is 11.8 Å². The highest BCUT2D eigenvalue weighted by atomic mass is 19.1. The van der Waals surface area contributed by atoms with Crippen LogP contribution < -0.4 is 10.6 Å². The Balaban J connectivity index is 1.46. The van der Waals surface area contributed by atoms with Gasteiger partial charge in [0.05, 0.1) is 0 Å². The molecule has 0 bridgehead atoms. The first-order valence-electron chi connectivity index (χ1n) is 11.0. The first-order valence-corrected chi connectivity index (χ1v) is 11.0. The van der Waals surface area contributed by atoms with Gasteiger partial charge in [0.15, 0.2) is 0 Å². The first-order chi connectivity index (χ1) is 16.1. The van der Waals surface area contributed by atoms with Crippen molar-refractivity contribution in [2.75, 3.05) is 30.4 Å². The topological polar surface area (TPSA) is 70.7 Å². The highest BCUT2D eigenvalue weighted by Gasteiger charge is 2.36. The van der Waals surface area contributed by atoms with Gasteiger partial charge in [-0.1, -0.05) is 18.2 Å². The normalized spacial score (nSPS) is 14.8. The number of amides is 2. The number of anilines is 2. The molecule has 3 aromatic carbocycles. The molecule has 1 atom stereocenters. The summed E-state index contributed by atoms with van der Waals surface area (Å²) in [6, 6.07) is 20.2. The molecular weight excluding hydrogens is 421 g/mol. The zero-order chi connectivity index (χ0) is 23.2. The Labute approximate surface area is 192 Å². The molecule has 1 aliphatic rings. The molecule has 1 unspecified atom stereocenters. The minimum atomic E-state index is -0.359. The molecule has 2 amide bonds. The molecule has 7 heteroatoms. The summed E-state index contributed by atoms with van der Waals surface area (Å²) in [7, 11) is 0. The number of rotatable bonds is 9. The van der Waals surface area contributed by atoms with Gasteiger partial charge in [-0.05, 0) is 67.9 Å². The highest BCUT2D eigenvalue weighted by molar-refractivity contribution is 6.04. The highest BCUT2D eigenvalue weighted by Crippen LogP contribution is 2.34. The average Bonchev–Trinajstić information content (AvgIpc) is 3.10. The summed E-state index contributed by atoms with van der Waals surface area (Å²) in [5.74, 6) is -0.649. The summed E-state index contributed by atoms with van der Waals surface area (Å²) in [6.07, 6.45) is 0.447. The molecule has 1 heterocycles. The Bertz CT molecular complexity index is 1120. The molecule has 4 rings (SSSR count). The number of hydrogen-bond acceptors (Lipinski definition) is 4. The van der Waals surface area contributed by atoms with Gasteiger partial charge in [-0.25, -0.2) is 4.39 Å². The van der Waals surface area contributed by atoms with Crippen molar-refractivity contribution in [3.8, 4) is 0 Å². The number of ether oxygens (including phenoxy) is 1. The lowest BCUT2D eigenvalue weighted by Gasteiger charge is -2.27. The summed E-state index contributed by atoms with van der Waals surface area (Å²) in [5.41, 5.74) is 3.41. The van der Waals surface area contributed by atoms with E-state index < -0.39 is 0 Å². The smallest absolute Gasteiger partial charge is 0.256 e. The Morgan fingerprint density at radius 2 is 1.70 bits per heavy atom. The quantitative estimate of drug-likeness (QED) is 0.449. The largest absolute Gasteiger partial charge is 0.382 e. The standard InChI is InChI=1S/C26H26FN3O3/c1-2-33-17-5-16-30-24(22-6-3-4-7-23(22)26(30)32)28-20-12-8-18(9-13-20)25(31)29-21-14-10-19(27)11-15-21/h3-4,6-15,24,28H,2,5,16-17H2,1H3,(H,29,31). The second-order valence-electron chi connectivity index (χ2n) is 7.72. The van der Waals surface area contributed by atoms with E-state index in [0.717, 1.165) is 17.7 Å². The third-order valence-corrected chi connectivity index (χ3v) is 5.50. The Kier molecular flexibility index (Phi) is 7.00. The van der Waals surface area contributed by atoms with Gasteiger partial charge in [0.1, 0.15) is 12.0 Å². The van der Waals surface area contributed by atoms with E-state index >= 15 is 0 Å². The van der Waals surface area contributed by atoms with Crippen LogP contribution in [-0.2, 0) is 4.74 Å². The number of carbonyl (C=O) groups excluding carboxylic acids is 2. The molecule has 2 N–H and O–H groups in total. The number of benzene rings is 3. The molecule has 170 valence electrons. The fourth-order valence-corrected chi connectivity index (χ4v) is 3.85. The van der Waals surface area contributed by atoms with Gasteiger partial charge in [-0.3, -0.25) is 9.59 Å². The van der Waals surface area contributed by atoms with Gasteiger partial charge in [0.2, 0.25) is 0 Å². The molecule has 0 fully saturated rings. The SMILES string of the molecule is CCOCCCN1C(=O)c2ccccc2C1Nc1ccc(C(=O)Nc2ccc(F)cc2)cc1. The molecule has 0 saturated carbocycles. The Morgan fingerprint density at radius 3 is 2.42 bits per heavy atom. The maximum Gasteiger partial charge on any atom is 0.256 e. The monoisotopic (exact) mass is 447 g/mol. The average molecular weight is 448 g/mol. The van der Waals surface area contributed by atoms with Gasteiger partial charge in [0, 0.05) is 47.8 Å². The van der Waals surface area contributed by atoms with E-state index in [0.29, 0.717) is 36.6 Å². The van der Waals surface area contributed by atoms with Crippen molar-refractivity contribution in [3.05, 3.63) is 95.3 Å². The molecule has 3 aromatic rings. The Morgan fingerprint density at radius 1 is 1.00 bits per heavy atom. The Hall–Kier alpha value is -3.71. The van der Waals surface area contributed by atoms with Crippen LogP contribution in [0.15, 0.2) is 72.8 Å². The van der Waals surface area contributed by atoms with Gasteiger partial charge in [-0.15, -0.1) is 0 Å². The number of halogens is 1. The van der Waals surface area contributed by atoms with Crippen LogP contribution in [0.1, 0.15) is 45.8 Å². The molecule has 1 aliphatic heterocycles. The third-order valence-electron chi connectivity index (χ3n) is 5.50. The van der Waals surface area contributed by atoms with E-state index in [4.69, 9.17) is 4.74 Å². The zero-order valence-electron chi connectivity index (χ0n) is 18.4. The zero-order valence-corrected chi connectivity index (χ0v) is 18.4. The fraction of sp³-hybridized carbons (Fsp3) is 0.231. The van der Waals surface area contributed by atoms with Crippen molar-refractivity contribution >= 4 is 23.2 Å². The molecule has 0 spiro atoms. The molecule has 0 aliphatic carbocycles. The lowest BCUT2D eigenvalue weighted by molar-refractivity contribution is 0.0709. The van der Waals surface area contributed by atoms with Crippen molar-refractivity contribution in [3.63, 3.8) is 0 Å². The van der Waals surface area contributed by atoms with E-state index in [1.165, 1.54) is 24.3 Å². The summed E-state index contributed by atoms with van der Waals surface area (Å²) in [5, 5.41) is 6.18. The molecule has 0 aromatic heterocycles. The first kappa shape index (κ1) is 22.5. The van der Waals surface area contributed by atoms with Crippen LogP contribution in [0.4, 0.5) is 15.8 Å². The predicted octanol–water partition coefficient (Wildman–Crippen LogP) is 5.07. The molecular formula is C26H26FN3O3. The van der Waals surface area contributed by atoms with E-state index in [1.807, 2.05) is 48.2 Å². The van der Waals surface area contributed by atoms with Gasteiger partial charge in [-0.2, -0.15) is 0 Å². The van der Waals surface area contributed by atoms with E-state index in [2.05, 4.69) is 10.6 Å². The minimum Gasteiger partial charge on any atom is -0.382 e. The van der Waals surface area contributed by atoms with Gasteiger partial charge >= 0.3 is 0 Å². The molecule has 6 nitrogen and oxygen atoms in total. The summed E-state index contributed by atoms with van der Waals surface area (Å²) in [6.45, 7) is 3.77. The maximum atomic E-state index is 13.1. The third kappa shape index (κ3) is 5.21. The molecule has 0 radical (unpaired) electrons. The second-order valence-corrected chi connectivity index (χ2v) is 7.72. The number of nitrogens with one attached hydrogen (secondary N) is 2. The lowest BCUT2D eigenvalue weighted by atomic mass is 10.1. The van der Waals surface area contributed by atoms with Crippen molar-refractivity contribution in [2.45, 2.75) is 19.5 Å². The second kappa shape index (κ2) is 10.3. The van der Waals surface area contributed by atoms with E-state index in [1.54, 1.807) is 12.1 Å². The maximum absolute atomic E-state index is 13.1.